The third-order valence-electron chi connectivity index (χ3n) is 7.88. The van der Waals surface area contributed by atoms with E-state index in [0.717, 1.165) is 33.8 Å². The van der Waals surface area contributed by atoms with Gasteiger partial charge in [0, 0.05) is 33.5 Å². The van der Waals surface area contributed by atoms with Gasteiger partial charge in [-0.25, -0.2) is 15.0 Å². The summed E-state index contributed by atoms with van der Waals surface area (Å²) in [5.74, 6) is 1.95. The van der Waals surface area contributed by atoms with Crippen LogP contribution in [-0.2, 0) is 0 Å². The van der Waals surface area contributed by atoms with Crippen molar-refractivity contribution in [2.24, 2.45) is 0 Å². The molecule has 0 N–H and O–H groups in total. The fourth-order valence-electron chi connectivity index (χ4n) is 5.85. The molecule has 2 heterocycles. The van der Waals surface area contributed by atoms with Gasteiger partial charge >= 0.3 is 0 Å². The predicted molar refractivity (Wildman–Crippen MR) is 175 cm³/mol. The smallest absolute Gasteiger partial charge is 0.164 e. The van der Waals surface area contributed by atoms with Crippen molar-refractivity contribution in [3.8, 4) is 56.4 Å². The van der Waals surface area contributed by atoms with Crippen LogP contribution in [0.4, 0.5) is 17.1 Å². The number of benzene rings is 6. The SMILES string of the molecule is c1ccc(-c2nc(-c3ccccc3)nc(-c3ccc(N4c5ccccc5-c5ccccc5-c5ccccc54)cc3)n2)cc1. The van der Waals surface area contributed by atoms with Crippen LogP contribution in [0.3, 0.4) is 0 Å². The summed E-state index contributed by atoms with van der Waals surface area (Å²) >= 11 is 0. The molecule has 4 heteroatoms. The van der Waals surface area contributed by atoms with Crippen LogP contribution < -0.4 is 4.90 Å². The van der Waals surface area contributed by atoms with Gasteiger partial charge in [0.1, 0.15) is 0 Å². The number of para-hydroxylation sites is 2. The van der Waals surface area contributed by atoms with Gasteiger partial charge in [0.2, 0.25) is 0 Å². The van der Waals surface area contributed by atoms with E-state index in [9.17, 15) is 0 Å². The van der Waals surface area contributed by atoms with Gasteiger partial charge in [-0.1, -0.05) is 121 Å². The van der Waals surface area contributed by atoms with Gasteiger partial charge in [-0.2, -0.15) is 0 Å². The molecule has 1 aromatic heterocycles. The summed E-state index contributed by atoms with van der Waals surface area (Å²) in [6.07, 6.45) is 0. The van der Waals surface area contributed by atoms with Crippen molar-refractivity contribution in [2.75, 3.05) is 4.90 Å². The number of aromatic nitrogens is 3. The maximum atomic E-state index is 4.92. The van der Waals surface area contributed by atoms with E-state index in [1.807, 2.05) is 60.7 Å². The molecule has 0 atom stereocenters. The lowest BCUT2D eigenvalue weighted by Crippen LogP contribution is -2.10. The molecule has 202 valence electrons. The van der Waals surface area contributed by atoms with Crippen LogP contribution in [0, 0.1) is 0 Å². The van der Waals surface area contributed by atoms with Crippen LogP contribution in [0.2, 0.25) is 0 Å². The molecule has 0 aliphatic carbocycles. The van der Waals surface area contributed by atoms with Crippen molar-refractivity contribution in [1.82, 2.24) is 15.0 Å². The zero-order chi connectivity index (χ0) is 28.6. The molecule has 1 aliphatic heterocycles. The number of nitrogens with zero attached hydrogens (tertiary/aromatic N) is 4. The number of rotatable bonds is 4. The van der Waals surface area contributed by atoms with Crippen molar-refractivity contribution < 1.29 is 0 Å². The maximum Gasteiger partial charge on any atom is 0.164 e. The second kappa shape index (κ2) is 10.5. The van der Waals surface area contributed by atoms with Gasteiger partial charge in [-0.3, -0.25) is 0 Å². The number of hydrogen-bond donors (Lipinski definition) is 0. The number of hydrogen-bond acceptors (Lipinski definition) is 4. The first-order valence-corrected chi connectivity index (χ1v) is 14.4. The average molecular weight is 551 g/mol. The van der Waals surface area contributed by atoms with Crippen LogP contribution in [0.1, 0.15) is 0 Å². The van der Waals surface area contributed by atoms with Crippen molar-refractivity contribution in [3.05, 3.63) is 158 Å². The van der Waals surface area contributed by atoms with E-state index in [0.29, 0.717) is 17.5 Å². The molecule has 0 saturated heterocycles. The summed E-state index contributed by atoms with van der Waals surface area (Å²) < 4.78 is 0. The molecular weight excluding hydrogens is 524 g/mol. The Bertz CT molecular complexity index is 1950. The highest BCUT2D eigenvalue weighted by Crippen LogP contribution is 2.50. The number of anilines is 3. The van der Waals surface area contributed by atoms with Crippen molar-refractivity contribution in [3.63, 3.8) is 0 Å². The summed E-state index contributed by atoms with van der Waals surface area (Å²) in [7, 11) is 0. The molecule has 8 rings (SSSR count). The largest absolute Gasteiger partial charge is 0.309 e. The highest BCUT2D eigenvalue weighted by atomic mass is 15.1. The molecule has 0 radical (unpaired) electrons. The van der Waals surface area contributed by atoms with Gasteiger partial charge in [0.25, 0.3) is 0 Å². The quantitative estimate of drug-likeness (QED) is 0.219. The van der Waals surface area contributed by atoms with Crippen molar-refractivity contribution in [2.45, 2.75) is 0 Å². The standard InChI is InChI=1S/C39H26N4/c1-3-13-27(14-4-1)37-40-38(28-15-5-2-6-16-28)42-39(41-37)29-23-25-30(26-24-29)43-35-21-11-9-19-33(35)31-17-7-8-18-32(31)34-20-10-12-22-36(34)43/h1-26H. The minimum Gasteiger partial charge on any atom is -0.309 e. The van der Waals surface area contributed by atoms with Crippen molar-refractivity contribution >= 4 is 17.1 Å². The van der Waals surface area contributed by atoms with E-state index in [-0.39, 0.29) is 0 Å². The zero-order valence-corrected chi connectivity index (χ0v) is 23.3. The van der Waals surface area contributed by atoms with Crippen LogP contribution in [0.5, 0.6) is 0 Å². The predicted octanol–water partition coefficient (Wildman–Crippen LogP) is 9.99. The summed E-state index contributed by atoms with van der Waals surface area (Å²) in [5, 5.41) is 0. The number of fused-ring (bicyclic) bond motifs is 5. The van der Waals surface area contributed by atoms with Gasteiger partial charge in [-0.15, -0.1) is 0 Å². The third kappa shape index (κ3) is 4.46. The summed E-state index contributed by atoms with van der Waals surface area (Å²) in [6.45, 7) is 0. The fraction of sp³-hybridized carbons (Fsp3) is 0. The normalized spacial score (nSPS) is 11.7. The molecule has 43 heavy (non-hydrogen) atoms. The Kier molecular flexibility index (Phi) is 6.08. The lowest BCUT2D eigenvalue weighted by Gasteiger charge is -2.27. The fourth-order valence-corrected chi connectivity index (χ4v) is 5.85. The molecule has 0 unspecified atom stereocenters. The summed E-state index contributed by atoms with van der Waals surface area (Å²) in [5.41, 5.74) is 11.1. The van der Waals surface area contributed by atoms with Gasteiger partial charge in [0.15, 0.2) is 17.5 Å². The topological polar surface area (TPSA) is 41.9 Å². The first-order chi connectivity index (χ1) is 21.3. The highest BCUT2D eigenvalue weighted by Gasteiger charge is 2.25. The molecule has 0 fully saturated rings. The van der Waals surface area contributed by atoms with E-state index < -0.39 is 0 Å². The molecule has 0 bridgehead atoms. The minimum atomic E-state index is 0.642. The van der Waals surface area contributed by atoms with Crippen LogP contribution in [0.15, 0.2) is 158 Å². The van der Waals surface area contributed by atoms with E-state index in [2.05, 4.69) is 102 Å². The monoisotopic (exact) mass is 550 g/mol. The molecule has 1 aliphatic rings. The lowest BCUT2D eigenvalue weighted by atomic mass is 9.95. The van der Waals surface area contributed by atoms with Gasteiger partial charge < -0.3 is 4.90 Å². The Balaban J connectivity index is 1.26. The molecule has 4 nitrogen and oxygen atoms in total. The molecular formula is C39H26N4. The molecule has 0 saturated carbocycles. The molecule has 6 aromatic carbocycles. The maximum absolute atomic E-state index is 4.92. The molecule has 7 aromatic rings. The Labute approximate surface area is 250 Å². The van der Waals surface area contributed by atoms with E-state index in [4.69, 9.17) is 15.0 Å². The van der Waals surface area contributed by atoms with Crippen LogP contribution in [-0.4, -0.2) is 15.0 Å². The zero-order valence-electron chi connectivity index (χ0n) is 23.3. The highest BCUT2D eigenvalue weighted by molar-refractivity contribution is 6.02. The Morgan fingerprint density at radius 3 is 1.09 bits per heavy atom. The average Bonchev–Trinajstić information content (AvgIpc) is 3.22. The Morgan fingerprint density at radius 2 is 0.651 bits per heavy atom. The Hall–Kier alpha value is -5.87. The van der Waals surface area contributed by atoms with E-state index >= 15 is 0 Å². The Morgan fingerprint density at radius 1 is 0.302 bits per heavy atom. The van der Waals surface area contributed by atoms with Gasteiger partial charge in [0.05, 0.1) is 11.4 Å². The van der Waals surface area contributed by atoms with Crippen LogP contribution in [0.25, 0.3) is 56.4 Å². The minimum absolute atomic E-state index is 0.642. The second-order valence-electron chi connectivity index (χ2n) is 10.5. The lowest BCUT2D eigenvalue weighted by molar-refractivity contribution is 1.07. The molecule has 0 amide bonds. The molecule has 0 spiro atoms. The third-order valence-corrected chi connectivity index (χ3v) is 7.88. The van der Waals surface area contributed by atoms with E-state index in [1.165, 1.54) is 22.3 Å². The van der Waals surface area contributed by atoms with Gasteiger partial charge in [-0.05, 0) is 47.5 Å². The first kappa shape index (κ1) is 24.9. The summed E-state index contributed by atoms with van der Waals surface area (Å²) in [6, 6.07) is 54.6. The van der Waals surface area contributed by atoms with Crippen molar-refractivity contribution in [1.29, 1.82) is 0 Å². The first-order valence-electron chi connectivity index (χ1n) is 14.4. The second-order valence-corrected chi connectivity index (χ2v) is 10.5. The van der Waals surface area contributed by atoms with E-state index in [1.54, 1.807) is 0 Å². The van der Waals surface area contributed by atoms with Crippen LogP contribution >= 0.6 is 0 Å². The summed E-state index contributed by atoms with van der Waals surface area (Å²) in [4.78, 5) is 17.0.